The van der Waals surface area contributed by atoms with Crippen molar-refractivity contribution in [3.8, 4) is 5.75 Å². The Hall–Kier alpha value is -3.72. The Morgan fingerprint density at radius 3 is 2.63 bits per heavy atom. The van der Waals surface area contributed by atoms with Crippen molar-refractivity contribution in [2.24, 2.45) is 0 Å². The lowest BCUT2D eigenvalue weighted by atomic mass is 10.2. The SMILES string of the molecule is CCCN(CC(=O)Nc1ccccc1OC)C(=O)c1cc2c(C)nn(Cc3ccc(F)cc3)c2s1. The van der Waals surface area contributed by atoms with Crippen molar-refractivity contribution < 1.29 is 18.7 Å². The lowest BCUT2D eigenvalue weighted by Crippen LogP contribution is -2.38. The second-order valence-electron chi connectivity index (χ2n) is 8.17. The maximum Gasteiger partial charge on any atom is 0.264 e. The first-order chi connectivity index (χ1) is 16.9. The van der Waals surface area contributed by atoms with Crippen LogP contribution in [0.4, 0.5) is 10.1 Å². The van der Waals surface area contributed by atoms with Gasteiger partial charge in [0.15, 0.2) is 0 Å². The molecule has 0 radical (unpaired) electrons. The average Bonchev–Trinajstić information content (AvgIpc) is 3.41. The van der Waals surface area contributed by atoms with Gasteiger partial charge in [-0.2, -0.15) is 5.10 Å². The van der Waals surface area contributed by atoms with Crippen LogP contribution in [0.2, 0.25) is 0 Å². The van der Waals surface area contributed by atoms with E-state index >= 15 is 0 Å². The van der Waals surface area contributed by atoms with Crippen LogP contribution in [0.3, 0.4) is 0 Å². The number of ether oxygens (including phenoxy) is 1. The molecule has 35 heavy (non-hydrogen) atoms. The second kappa shape index (κ2) is 10.7. The molecule has 0 bridgehead atoms. The summed E-state index contributed by atoms with van der Waals surface area (Å²) in [6.07, 6.45) is 0.718. The summed E-state index contributed by atoms with van der Waals surface area (Å²) in [5.41, 5.74) is 2.29. The third kappa shape index (κ3) is 5.51. The zero-order chi connectivity index (χ0) is 24.9. The Morgan fingerprint density at radius 2 is 1.91 bits per heavy atom. The molecule has 0 aliphatic carbocycles. The second-order valence-corrected chi connectivity index (χ2v) is 9.20. The van der Waals surface area contributed by atoms with E-state index in [1.165, 1.54) is 23.5 Å². The van der Waals surface area contributed by atoms with Gasteiger partial charge >= 0.3 is 0 Å². The number of aryl methyl sites for hydroxylation is 1. The van der Waals surface area contributed by atoms with Gasteiger partial charge in [0.1, 0.15) is 22.9 Å². The van der Waals surface area contributed by atoms with E-state index in [2.05, 4.69) is 10.4 Å². The number of thiophene rings is 1. The molecule has 4 aromatic rings. The summed E-state index contributed by atoms with van der Waals surface area (Å²) in [5, 5.41) is 8.32. The van der Waals surface area contributed by atoms with E-state index in [-0.39, 0.29) is 24.2 Å². The number of para-hydroxylation sites is 2. The molecule has 0 saturated heterocycles. The first-order valence-corrected chi connectivity index (χ1v) is 12.1. The molecule has 2 heterocycles. The minimum atomic E-state index is -0.295. The molecule has 0 atom stereocenters. The lowest BCUT2D eigenvalue weighted by Gasteiger charge is -2.21. The monoisotopic (exact) mass is 494 g/mol. The lowest BCUT2D eigenvalue weighted by molar-refractivity contribution is -0.116. The van der Waals surface area contributed by atoms with Crippen molar-refractivity contribution in [2.45, 2.75) is 26.8 Å². The number of carbonyl (C=O) groups excluding carboxylic acids is 2. The minimum absolute atomic E-state index is 0.0698. The van der Waals surface area contributed by atoms with Gasteiger partial charge in [0, 0.05) is 11.9 Å². The van der Waals surface area contributed by atoms with Crippen LogP contribution in [-0.4, -0.2) is 46.7 Å². The van der Waals surface area contributed by atoms with Gasteiger partial charge in [0.05, 0.1) is 29.9 Å². The van der Waals surface area contributed by atoms with Crippen molar-refractivity contribution in [1.29, 1.82) is 0 Å². The van der Waals surface area contributed by atoms with Gasteiger partial charge in [-0.25, -0.2) is 4.39 Å². The van der Waals surface area contributed by atoms with Crippen molar-refractivity contribution in [1.82, 2.24) is 14.7 Å². The fourth-order valence-electron chi connectivity index (χ4n) is 3.88. The summed E-state index contributed by atoms with van der Waals surface area (Å²) < 4.78 is 20.4. The largest absolute Gasteiger partial charge is 0.495 e. The molecule has 0 saturated carbocycles. The molecule has 1 N–H and O–H groups in total. The van der Waals surface area contributed by atoms with Gasteiger partial charge in [0.25, 0.3) is 5.91 Å². The number of benzene rings is 2. The molecule has 2 amide bonds. The number of hydrogen-bond acceptors (Lipinski definition) is 5. The molecule has 2 aromatic carbocycles. The topological polar surface area (TPSA) is 76.5 Å². The van der Waals surface area contributed by atoms with Crippen LogP contribution >= 0.6 is 11.3 Å². The van der Waals surface area contributed by atoms with Gasteiger partial charge in [-0.05, 0) is 49.2 Å². The predicted octanol–water partition coefficient (Wildman–Crippen LogP) is 5.09. The maximum absolute atomic E-state index is 13.4. The van der Waals surface area contributed by atoms with E-state index in [1.54, 1.807) is 36.3 Å². The molecule has 0 aliphatic heterocycles. The Balaban J connectivity index is 1.53. The van der Waals surface area contributed by atoms with E-state index in [1.807, 2.05) is 36.7 Å². The fourth-order valence-corrected chi connectivity index (χ4v) is 5.01. The summed E-state index contributed by atoms with van der Waals surface area (Å²) in [4.78, 5) is 29.1. The van der Waals surface area contributed by atoms with E-state index in [9.17, 15) is 14.0 Å². The van der Waals surface area contributed by atoms with Gasteiger partial charge in [-0.1, -0.05) is 31.2 Å². The Kier molecular flexibility index (Phi) is 7.45. The molecule has 7 nitrogen and oxygen atoms in total. The minimum Gasteiger partial charge on any atom is -0.495 e. The molecular formula is C26H27FN4O3S. The Labute approximate surface area is 207 Å². The number of nitrogens with zero attached hydrogens (tertiary/aromatic N) is 3. The van der Waals surface area contributed by atoms with Crippen LogP contribution in [0, 0.1) is 12.7 Å². The molecule has 182 valence electrons. The highest BCUT2D eigenvalue weighted by Gasteiger charge is 2.23. The maximum atomic E-state index is 13.4. The van der Waals surface area contributed by atoms with Gasteiger partial charge in [-0.3, -0.25) is 14.3 Å². The third-order valence-electron chi connectivity index (χ3n) is 5.56. The first kappa shape index (κ1) is 24.4. The van der Waals surface area contributed by atoms with Gasteiger partial charge < -0.3 is 15.0 Å². The number of rotatable bonds is 9. The number of amides is 2. The summed E-state index contributed by atoms with van der Waals surface area (Å²) in [6.45, 7) is 4.72. The molecule has 4 rings (SSSR count). The molecule has 0 unspecified atom stereocenters. The van der Waals surface area contributed by atoms with E-state index < -0.39 is 0 Å². The number of carbonyl (C=O) groups is 2. The number of nitrogens with one attached hydrogen (secondary N) is 1. The summed E-state index contributed by atoms with van der Waals surface area (Å²) in [6, 6.07) is 15.3. The van der Waals surface area contributed by atoms with Crippen LogP contribution in [0.15, 0.2) is 54.6 Å². The zero-order valence-corrected chi connectivity index (χ0v) is 20.7. The molecule has 9 heteroatoms. The first-order valence-electron chi connectivity index (χ1n) is 11.3. The zero-order valence-electron chi connectivity index (χ0n) is 19.9. The molecule has 2 aromatic heterocycles. The smallest absolute Gasteiger partial charge is 0.264 e. The molecule has 0 spiro atoms. The number of hydrogen-bond donors (Lipinski definition) is 1. The normalized spacial score (nSPS) is 11.0. The number of fused-ring (bicyclic) bond motifs is 1. The number of aromatic nitrogens is 2. The number of halogens is 1. The van der Waals surface area contributed by atoms with Crippen molar-refractivity contribution >= 4 is 39.1 Å². The van der Waals surface area contributed by atoms with Crippen molar-refractivity contribution in [3.63, 3.8) is 0 Å². The van der Waals surface area contributed by atoms with E-state index in [0.29, 0.717) is 29.4 Å². The van der Waals surface area contributed by atoms with E-state index in [0.717, 1.165) is 27.9 Å². The van der Waals surface area contributed by atoms with Gasteiger partial charge in [0.2, 0.25) is 5.91 Å². The number of methoxy groups -OCH3 is 1. The molecular weight excluding hydrogens is 467 g/mol. The van der Waals surface area contributed by atoms with Crippen LogP contribution < -0.4 is 10.1 Å². The van der Waals surface area contributed by atoms with Gasteiger partial charge in [-0.15, -0.1) is 11.3 Å². The highest BCUT2D eigenvalue weighted by Crippen LogP contribution is 2.30. The Bertz CT molecular complexity index is 1350. The van der Waals surface area contributed by atoms with Crippen molar-refractivity contribution in [2.75, 3.05) is 25.5 Å². The standard InChI is InChI=1S/C26H27FN4O3S/c1-4-13-30(16-24(32)28-21-7-5-6-8-22(21)34-3)25(33)23-14-20-17(2)29-31(26(20)35-23)15-18-9-11-19(27)12-10-18/h5-12,14H,4,13,15-16H2,1-3H3,(H,28,32). The summed E-state index contributed by atoms with van der Waals surface area (Å²) in [7, 11) is 1.54. The van der Waals surface area contributed by atoms with Crippen LogP contribution in [0.5, 0.6) is 5.75 Å². The third-order valence-corrected chi connectivity index (χ3v) is 6.70. The van der Waals surface area contributed by atoms with Crippen LogP contribution in [0.25, 0.3) is 10.2 Å². The Morgan fingerprint density at radius 1 is 1.17 bits per heavy atom. The highest BCUT2D eigenvalue weighted by atomic mass is 32.1. The average molecular weight is 495 g/mol. The summed E-state index contributed by atoms with van der Waals surface area (Å²) >= 11 is 1.35. The van der Waals surface area contributed by atoms with Crippen LogP contribution in [0.1, 0.15) is 34.3 Å². The number of anilines is 1. The highest BCUT2D eigenvalue weighted by molar-refractivity contribution is 7.20. The van der Waals surface area contributed by atoms with Crippen LogP contribution in [-0.2, 0) is 11.3 Å². The molecule has 0 aliphatic rings. The fraction of sp³-hybridized carbons (Fsp3) is 0.269. The van der Waals surface area contributed by atoms with E-state index in [4.69, 9.17) is 4.74 Å². The summed E-state index contributed by atoms with van der Waals surface area (Å²) in [5.74, 6) is -0.225. The quantitative estimate of drug-likeness (QED) is 0.352. The van der Waals surface area contributed by atoms with Crippen molar-refractivity contribution in [3.05, 3.63) is 76.5 Å². The predicted molar refractivity (Wildman–Crippen MR) is 136 cm³/mol. The molecule has 0 fully saturated rings.